The Labute approximate surface area is 117 Å². The van der Waals surface area contributed by atoms with Crippen molar-refractivity contribution in [3.63, 3.8) is 0 Å². The van der Waals surface area contributed by atoms with Crippen LogP contribution in [0.4, 0.5) is 11.4 Å². The first-order valence-electron chi connectivity index (χ1n) is 6.14. The summed E-state index contributed by atoms with van der Waals surface area (Å²) >= 11 is 0. The largest absolute Gasteiger partial charge is 0.399 e. The Morgan fingerprint density at radius 1 is 1.20 bits per heavy atom. The number of imide groups is 1. The minimum atomic E-state index is -0.932. The molecule has 0 fully saturated rings. The lowest BCUT2D eigenvalue weighted by molar-refractivity contribution is -0.140. The van der Waals surface area contributed by atoms with Crippen molar-refractivity contribution in [1.82, 2.24) is 5.32 Å². The maximum Gasteiger partial charge on any atom is 0.323 e. The van der Waals surface area contributed by atoms with Crippen LogP contribution in [0.3, 0.4) is 0 Å². The molecule has 0 aromatic heterocycles. The van der Waals surface area contributed by atoms with E-state index < -0.39 is 23.3 Å². The predicted molar refractivity (Wildman–Crippen MR) is 76.9 cm³/mol. The molecule has 0 atom stereocenters. The first kappa shape index (κ1) is 15.7. The number of rotatable bonds is 1. The lowest BCUT2D eigenvalue weighted by Crippen LogP contribution is -2.51. The van der Waals surface area contributed by atoms with Crippen LogP contribution in [-0.2, 0) is 14.4 Å². The van der Waals surface area contributed by atoms with Crippen LogP contribution in [0.25, 0.3) is 0 Å². The lowest BCUT2D eigenvalue weighted by atomic mass is 10.1. The summed E-state index contributed by atoms with van der Waals surface area (Å²) in [7, 11) is 0. The molecule has 1 aromatic rings. The van der Waals surface area contributed by atoms with Gasteiger partial charge in [-0.2, -0.15) is 0 Å². The highest BCUT2D eigenvalue weighted by atomic mass is 16.2. The number of nitrogens with one attached hydrogen (secondary N) is 1. The van der Waals surface area contributed by atoms with Gasteiger partial charge in [-0.1, -0.05) is 6.07 Å². The lowest BCUT2D eigenvalue weighted by Gasteiger charge is -2.23. The van der Waals surface area contributed by atoms with Crippen LogP contribution in [0.1, 0.15) is 27.7 Å². The van der Waals surface area contributed by atoms with Gasteiger partial charge in [0.1, 0.15) is 0 Å². The van der Waals surface area contributed by atoms with Crippen molar-refractivity contribution in [3.8, 4) is 0 Å². The summed E-state index contributed by atoms with van der Waals surface area (Å²) in [6, 6.07) is 6.24. The van der Waals surface area contributed by atoms with Crippen molar-refractivity contribution in [2.45, 2.75) is 33.2 Å². The van der Waals surface area contributed by atoms with Gasteiger partial charge in [-0.05, 0) is 39.0 Å². The van der Waals surface area contributed by atoms with E-state index in [9.17, 15) is 14.4 Å². The highest BCUT2D eigenvalue weighted by Gasteiger charge is 2.29. The first-order valence-corrected chi connectivity index (χ1v) is 6.14. The summed E-state index contributed by atoms with van der Waals surface area (Å²) in [4.78, 5) is 36.5. The number of nitrogen functional groups attached to an aromatic ring is 1. The van der Waals surface area contributed by atoms with E-state index in [0.29, 0.717) is 5.69 Å². The number of nitrogens with two attached hydrogens (primary N) is 1. The minimum Gasteiger partial charge on any atom is -0.399 e. The van der Waals surface area contributed by atoms with E-state index in [1.807, 2.05) is 0 Å². The average molecular weight is 277 g/mol. The van der Waals surface area contributed by atoms with Crippen LogP contribution < -0.4 is 16.0 Å². The summed E-state index contributed by atoms with van der Waals surface area (Å²) in [6.45, 7) is 6.45. The fourth-order valence-electron chi connectivity index (χ4n) is 1.60. The van der Waals surface area contributed by atoms with Gasteiger partial charge >= 0.3 is 11.8 Å². The molecule has 0 spiro atoms. The number of amides is 3. The second-order valence-electron chi connectivity index (χ2n) is 5.46. The van der Waals surface area contributed by atoms with E-state index in [1.54, 1.807) is 39.0 Å². The monoisotopic (exact) mass is 277 g/mol. The molecule has 6 heteroatoms. The smallest absolute Gasteiger partial charge is 0.323 e. The molecule has 3 amide bonds. The van der Waals surface area contributed by atoms with E-state index >= 15 is 0 Å². The summed E-state index contributed by atoms with van der Waals surface area (Å²) in [6.07, 6.45) is 0. The molecule has 108 valence electrons. The Kier molecular flexibility index (Phi) is 4.49. The Hall–Kier alpha value is -2.37. The van der Waals surface area contributed by atoms with Gasteiger partial charge < -0.3 is 11.1 Å². The van der Waals surface area contributed by atoms with Crippen molar-refractivity contribution in [1.29, 1.82) is 0 Å². The normalized spacial score (nSPS) is 10.8. The van der Waals surface area contributed by atoms with Crippen molar-refractivity contribution in [2.75, 3.05) is 10.6 Å². The topological polar surface area (TPSA) is 92.5 Å². The third kappa shape index (κ3) is 4.08. The molecular weight excluding hydrogens is 258 g/mol. The Bertz CT molecular complexity index is 547. The fourth-order valence-corrected chi connectivity index (χ4v) is 1.60. The van der Waals surface area contributed by atoms with E-state index in [2.05, 4.69) is 5.32 Å². The van der Waals surface area contributed by atoms with Gasteiger partial charge in [-0.15, -0.1) is 0 Å². The van der Waals surface area contributed by atoms with Crippen LogP contribution in [0.5, 0.6) is 0 Å². The molecule has 0 radical (unpaired) electrons. The van der Waals surface area contributed by atoms with Crippen molar-refractivity contribution in [2.24, 2.45) is 0 Å². The van der Waals surface area contributed by atoms with E-state index in [0.717, 1.165) is 4.90 Å². The molecule has 1 aromatic carbocycles. The number of hydrogen-bond donors (Lipinski definition) is 2. The highest BCUT2D eigenvalue weighted by molar-refractivity contribution is 6.45. The molecule has 0 aliphatic carbocycles. The van der Waals surface area contributed by atoms with Crippen LogP contribution in [0, 0.1) is 0 Å². The van der Waals surface area contributed by atoms with Crippen LogP contribution in [-0.4, -0.2) is 23.3 Å². The molecule has 6 nitrogen and oxygen atoms in total. The van der Waals surface area contributed by atoms with Crippen molar-refractivity contribution in [3.05, 3.63) is 24.3 Å². The summed E-state index contributed by atoms with van der Waals surface area (Å²) in [5.41, 5.74) is 5.73. The third-order valence-corrected chi connectivity index (χ3v) is 2.33. The molecule has 0 saturated carbocycles. The zero-order chi connectivity index (χ0) is 15.5. The zero-order valence-corrected chi connectivity index (χ0v) is 12.1. The van der Waals surface area contributed by atoms with Gasteiger partial charge in [0.2, 0.25) is 5.91 Å². The number of carbonyl (C=O) groups excluding carboxylic acids is 3. The summed E-state index contributed by atoms with van der Waals surface area (Å²) in [5, 5.41) is 2.53. The number of benzene rings is 1. The summed E-state index contributed by atoms with van der Waals surface area (Å²) < 4.78 is 0. The highest BCUT2D eigenvalue weighted by Crippen LogP contribution is 2.18. The van der Waals surface area contributed by atoms with Crippen molar-refractivity contribution < 1.29 is 14.4 Å². The number of hydrogen-bond acceptors (Lipinski definition) is 4. The van der Waals surface area contributed by atoms with Crippen LogP contribution in [0.15, 0.2) is 24.3 Å². The van der Waals surface area contributed by atoms with Gasteiger partial charge in [-0.25, -0.2) is 4.90 Å². The minimum absolute atomic E-state index is 0.270. The summed E-state index contributed by atoms with van der Waals surface area (Å²) in [5.74, 6) is -2.32. The third-order valence-electron chi connectivity index (χ3n) is 2.33. The molecule has 20 heavy (non-hydrogen) atoms. The molecular formula is C14H19N3O3. The van der Waals surface area contributed by atoms with Crippen LogP contribution >= 0.6 is 0 Å². The Morgan fingerprint density at radius 3 is 2.25 bits per heavy atom. The average Bonchev–Trinajstić information content (AvgIpc) is 2.26. The van der Waals surface area contributed by atoms with E-state index in [1.165, 1.54) is 13.0 Å². The van der Waals surface area contributed by atoms with Gasteiger partial charge in [0.15, 0.2) is 0 Å². The Morgan fingerprint density at radius 2 is 1.80 bits per heavy atom. The number of nitrogens with zero attached hydrogens (tertiary/aromatic N) is 1. The fraction of sp³-hybridized carbons (Fsp3) is 0.357. The van der Waals surface area contributed by atoms with E-state index in [-0.39, 0.29) is 5.69 Å². The number of anilines is 2. The molecule has 0 bridgehead atoms. The second kappa shape index (κ2) is 5.73. The predicted octanol–water partition coefficient (Wildman–Crippen LogP) is 1.06. The Balaban J connectivity index is 3.06. The van der Waals surface area contributed by atoms with Crippen LogP contribution in [0.2, 0.25) is 0 Å². The SMILES string of the molecule is CC(=O)N(C(=O)C(=O)NC(C)(C)C)c1cccc(N)c1. The molecule has 0 aliphatic rings. The quantitative estimate of drug-likeness (QED) is 0.593. The molecule has 0 saturated heterocycles. The molecule has 0 aliphatic heterocycles. The van der Waals surface area contributed by atoms with Gasteiger partial charge in [0, 0.05) is 18.2 Å². The van der Waals surface area contributed by atoms with Gasteiger partial charge in [0.25, 0.3) is 0 Å². The first-order chi connectivity index (χ1) is 9.11. The van der Waals surface area contributed by atoms with Gasteiger partial charge in [-0.3, -0.25) is 14.4 Å². The maximum absolute atomic E-state index is 12.1. The molecule has 3 N–H and O–H groups in total. The standard InChI is InChI=1S/C14H19N3O3/c1-9(18)17(11-7-5-6-10(15)8-11)13(20)12(19)16-14(2,3)4/h5-8H,15H2,1-4H3,(H,16,19). The van der Waals surface area contributed by atoms with Crippen molar-refractivity contribution >= 4 is 29.1 Å². The molecule has 0 unspecified atom stereocenters. The zero-order valence-electron chi connectivity index (χ0n) is 12.1. The second-order valence-corrected chi connectivity index (χ2v) is 5.46. The number of carbonyl (C=O) groups is 3. The molecule has 1 rings (SSSR count). The van der Waals surface area contributed by atoms with Gasteiger partial charge in [0.05, 0.1) is 5.69 Å². The molecule has 0 heterocycles. The maximum atomic E-state index is 12.1. The van der Waals surface area contributed by atoms with E-state index in [4.69, 9.17) is 5.73 Å².